The van der Waals surface area contributed by atoms with E-state index in [1.54, 1.807) is 41.2 Å². The van der Waals surface area contributed by atoms with Crippen LogP contribution in [-0.4, -0.2) is 69.2 Å². The first kappa shape index (κ1) is 20.0. The average molecular weight is 388 g/mol. The van der Waals surface area contributed by atoms with E-state index >= 15 is 0 Å². The highest BCUT2D eigenvalue weighted by molar-refractivity contribution is 5.81. The van der Waals surface area contributed by atoms with Crippen molar-refractivity contribution in [3.8, 4) is 0 Å². The van der Waals surface area contributed by atoms with Crippen LogP contribution in [0.4, 0.5) is 4.39 Å². The van der Waals surface area contributed by atoms with Crippen molar-refractivity contribution in [2.75, 3.05) is 26.2 Å². The van der Waals surface area contributed by atoms with Crippen LogP contribution in [0.2, 0.25) is 0 Å². The van der Waals surface area contributed by atoms with Gasteiger partial charge in [-0.15, -0.1) is 0 Å². The fraction of sp³-hybridized carbons (Fsp3) is 0.450. The quantitative estimate of drug-likeness (QED) is 0.775. The number of aliphatic hydroxyl groups excluding tert-OH is 1. The molecule has 1 unspecified atom stereocenters. The van der Waals surface area contributed by atoms with Crippen LogP contribution in [0.25, 0.3) is 0 Å². The van der Waals surface area contributed by atoms with E-state index in [4.69, 9.17) is 0 Å². The Balaban J connectivity index is 1.67. The summed E-state index contributed by atoms with van der Waals surface area (Å²) in [7, 11) is 0. The molecule has 1 aliphatic rings. The fourth-order valence-electron chi connectivity index (χ4n) is 3.61. The van der Waals surface area contributed by atoms with Crippen molar-refractivity contribution in [1.82, 2.24) is 20.0 Å². The van der Waals surface area contributed by atoms with Crippen molar-refractivity contribution >= 4 is 11.8 Å². The van der Waals surface area contributed by atoms with E-state index in [0.29, 0.717) is 31.6 Å². The van der Waals surface area contributed by atoms with Gasteiger partial charge in [0.15, 0.2) is 0 Å². The van der Waals surface area contributed by atoms with Crippen molar-refractivity contribution in [1.29, 1.82) is 0 Å². The second-order valence-electron chi connectivity index (χ2n) is 7.09. The molecule has 7 nitrogen and oxygen atoms in total. The van der Waals surface area contributed by atoms with Gasteiger partial charge in [0.25, 0.3) is 0 Å². The molecular weight excluding hydrogens is 363 g/mol. The van der Waals surface area contributed by atoms with Crippen LogP contribution in [0.3, 0.4) is 0 Å². The third-order valence-corrected chi connectivity index (χ3v) is 5.21. The van der Waals surface area contributed by atoms with E-state index < -0.39 is 0 Å². The molecule has 0 radical (unpaired) electrons. The molecule has 8 heteroatoms. The number of aliphatic hydroxyl groups is 1. The molecule has 1 fully saturated rings. The molecule has 0 saturated carbocycles. The summed E-state index contributed by atoms with van der Waals surface area (Å²) in [5.74, 6) is -0.615. The minimum atomic E-state index is -0.388. The minimum Gasteiger partial charge on any atom is -0.396 e. The van der Waals surface area contributed by atoms with Gasteiger partial charge in [0.05, 0.1) is 25.1 Å². The lowest BCUT2D eigenvalue weighted by atomic mass is 10.0. The van der Waals surface area contributed by atoms with E-state index in [9.17, 15) is 19.1 Å². The van der Waals surface area contributed by atoms with Gasteiger partial charge in [-0.3, -0.25) is 14.7 Å². The lowest BCUT2D eigenvalue weighted by molar-refractivity contribution is -0.142. The highest BCUT2D eigenvalue weighted by Crippen LogP contribution is 2.19. The van der Waals surface area contributed by atoms with Gasteiger partial charge in [-0.2, -0.15) is 5.10 Å². The first-order valence-corrected chi connectivity index (χ1v) is 9.39. The monoisotopic (exact) mass is 388 g/mol. The zero-order valence-electron chi connectivity index (χ0n) is 15.9. The largest absolute Gasteiger partial charge is 0.396 e. The van der Waals surface area contributed by atoms with Crippen molar-refractivity contribution in [3.63, 3.8) is 0 Å². The summed E-state index contributed by atoms with van der Waals surface area (Å²) < 4.78 is 14.1. The van der Waals surface area contributed by atoms with E-state index in [1.165, 1.54) is 6.07 Å². The van der Waals surface area contributed by atoms with Gasteiger partial charge in [0.2, 0.25) is 11.8 Å². The van der Waals surface area contributed by atoms with Gasteiger partial charge in [0, 0.05) is 38.0 Å². The third kappa shape index (κ3) is 4.56. The van der Waals surface area contributed by atoms with Gasteiger partial charge < -0.3 is 14.9 Å². The highest BCUT2D eigenvalue weighted by atomic mass is 19.1. The van der Waals surface area contributed by atoms with Gasteiger partial charge in [-0.25, -0.2) is 4.39 Å². The second-order valence-corrected chi connectivity index (χ2v) is 7.09. The number of amides is 2. The number of hydrogen-bond acceptors (Lipinski definition) is 4. The molecule has 2 amide bonds. The Kier molecular flexibility index (Phi) is 6.41. The Bertz CT molecular complexity index is 805. The number of hydrogen-bond donors (Lipinski definition) is 2. The van der Waals surface area contributed by atoms with E-state index in [1.807, 2.05) is 0 Å². The minimum absolute atomic E-state index is 0.0244. The normalized spacial score (nSPS) is 17.0. The summed E-state index contributed by atoms with van der Waals surface area (Å²) in [6.45, 7) is 2.84. The molecule has 1 aromatic carbocycles. The Morgan fingerprint density at radius 3 is 2.79 bits per heavy atom. The van der Waals surface area contributed by atoms with Crippen LogP contribution in [0.1, 0.15) is 23.1 Å². The van der Waals surface area contributed by atoms with E-state index in [-0.39, 0.29) is 43.1 Å². The van der Waals surface area contributed by atoms with Crippen LogP contribution >= 0.6 is 0 Å². The average Bonchev–Trinajstić information content (AvgIpc) is 3.18. The Morgan fingerprint density at radius 1 is 1.29 bits per heavy atom. The Labute approximate surface area is 163 Å². The molecule has 0 spiro atoms. The molecule has 2 aromatic rings. The highest BCUT2D eigenvalue weighted by Gasteiger charge is 2.32. The first-order valence-electron chi connectivity index (χ1n) is 9.39. The predicted molar refractivity (Wildman–Crippen MR) is 101 cm³/mol. The number of H-pyrrole nitrogens is 1. The summed E-state index contributed by atoms with van der Waals surface area (Å²) in [5.41, 5.74) is 1.94. The maximum Gasteiger partial charge on any atom is 0.227 e. The molecular formula is C20H25FN4O3. The molecule has 1 saturated heterocycles. The maximum absolute atomic E-state index is 14.1. The second kappa shape index (κ2) is 8.97. The number of benzene rings is 1. The van der Waals surface area contributed by atoms with E-state index in [0.717, 1.165) is 11.1 Å². The SMILES string of the molecule is Cc1cccc(F)c1CC(=O)N1CCN(C(=O)Cc2cn[nH]c2)CC1CCO. The summed E-state index contributed by atoms with van der Waals surface area (Å²) in [5, 5.41) is 15.9. The van der Waals surface area contributed by atoms with Crippen molar-refractivity contribution in [3.05, 3.63) is 53.1 Å². The topological polar surface area (TPSA) is 89.5 Å². The van der Waals surface area contributed by atoms with Gasteiger partial charge in [-0.05, 0) is 30.5 Å². The number of halogens is 1. The van der Waals surface area contributed by atoms with Crippen LogP contribution in [0, 0.1) is 12.7 Å². The van der Waals surface area contributed by atoms with Crippen LogP contribution < -0.4 is 0 Å². The molecule has 3 rings (SSSR count). The fourth-order valence-corrected chi connectivity index (χ4v) is 3.61. The predicted octanol–water partition coefficient (Wildman–Crippen LogP) is 1.06. The van der Waals surface area contributed by atoms with Crippen molar-refractivity contribution in [2.45, 2.75) is 32.2 Å². The van der Waals surface area contributed by atoms with E-state index in [2.05, 4.69) is 10.2 Å². The number of piperazine rings is 1. The van der Waals surface area contributed by atoms with Crippen molar-refractivity contribution < 1.29 is 19.1 Å². The first-order chi connectivity index (χ1) is 13.5. The van der Waals surface area contributed by atoms with Crippen LogP contribution in [0.5, 0.6) is 0 Å². The number of nitrogens with zero attached hydrogens (tertiary/aromatic N) is 3. The maximum atomic E-state index is 14.1. The summed E-state index contributed by atoms with van der Waals surface area (Å²) in [6, 6.07) is 4.47. The summed E-state index contributed by atoms with van der Waals surface area (Å²) in [6.07, 6.45) is 3.88. The van der Waals surface area contributed by atoms with Crippen molar-refractivity contribution in [2.24, 2.45) is 0 Å². The number of aromatic nitrogens is 2. The van der Waals surface area contributed by atoms with Gasteiger partial charge in [0.1, 0.15) is 5.82 Å². The molecule has 28 heavy (non-hydrogen) atoms. The van der Waals surface area contributed by atoms with Crippen LogP contribution in [-0.2, 0) is 22.4 Å². The number of nitrogens with one attached hydrogen (secondary N) is 1. The molecule has 0 aliphatic carbocycles. The van der Waals surface area contributed by atoms with Gasteiger partial charge >= 0.3 is 0 Å². The van der Waals surface area contributed by atoms with Gasteiger partial charge in [-0.1, -0.05) is 12.1 Å². The Hall–Kier alpha value is -2.74. The molecule has 150 valence electrons. The van der Waals surface area contributed by atoms with Crippen LogP contribution in [0.15, 0.2) is 30.6 Å². The molecule has 0 bridgehead atoms. The number of carbonyl (C=O) groups is 2. The smallest absolute Gasteiger partial charge is 0.227 e. The lowest BCUT2D eigenvalue weighted by Gasteiger charge is -2.41. The zero-order valence-corrected chi connectivity index (χ0v) is 15.9. The summed E-state index contributed by atoms with van der Waals surface area (Å²) >= 11 is 0. The number of aromatic amines is 1. The molecule has 1 aliphatic heterocycles. The lowest BCUT2D eigenvalue weighted by Crippen LogP contribution is -2.57. The third-order valence-electron chi connectivity index (χ3n) is 5.21. The molecule has 1 atom stereocenters. The molecule has 2 heterocycles. The number of aryl methyl sites for hydroxylation is 1. The standard InChI is InChI=1S/C20H25FN4O3/c1-14-3-2-4-18(21)17(14)10-20(28)25-7-6-24(13-16(25)5-8-26)19(27)9-15-11-22-23-12-15/h2-4,11-12,16,26H,5-10,13H2,1H3,(H,22,23). The summed E-state index contributed by atoms with van der Waals surface area (Å²) in [4.78, 5) is 28.8. The number of carbonyl (C=O) groups excluding carboxylic acids is 2. The molecule has 1 aromatic heterocycles. The Morgan fingerprint density at radius 2 is 2.11 bits per heavy atom. The molecule has 2 N–H and O–H groups in total. The number of rotatable bonds is 6. The zero-order chi connectivity index (χ0) is 20.1.